The lowest BCUT2D eigenvalue weighted by Gasteiger charge is -2.28. The number of aromatic nitrogens is 1. The Morgan fingerprint density at radius 2 is 1.76 bits per heavy atom. The van der Waals surface area contributed by atoms with E-state index in [9.17, 15) is 14.4 Å². The molecule has 4 rings (SSSR count). The van der Waals surface area contributed by atoms with Crippen molar-refractivity contribution < 1.29 is 23.9 Å². The maximum atomic E-state index is 13.2. The van der Waals surface area contributed by atoms with Gasteiger partial charge >= 0.3 is 11.9 Å². The fraction of sp³-hybridized carbons (Fsp3) is 0.308. The predicted molar refractivity (Wildman–Crippen MR) is 128 cm³/mol. The molecule has 0 atom stereocenters. The molecule has 8 nitrogen and oxygen atoms in total. The third-order valence-electron chi connectivity index (χ3n) is 5.79. The number of benzene rings is 2. The van der Waals surface area contributed by atoms with E-state index in [-0.39, 0.29) is 6.61 Å². The molecule has 176 valence electrons. The molecule has 0 aliphatic carbocycles. The van der Waals surface area contributed by atoms with Crippen LogP contribution in [0.1, 0.15) is 45.8 Å². The average molecular weight is 462 g/mol. The molecular formula is C26H27N3O5. The van der Waals surface area contributed by atoms with Crippen LogP contribution in [0.2, 0.25) is 0 Å². The van der Waals surface area contributed by atoms with E-state index in [0.717, 1.165) is 41.7 Å². The number of carbonyl (C=O) groups excluding carboxylic acids is 3. The van der Waals surface area contributed by atoms with E-state index in [0.29, 0.717) is 23.4 Å². The summed E-state index contributed by atoms with van der Waals surface area (Å²) in [6.07, 6.45) is 0.760. The second-order valence-corrected chi connectivity index (χ2v) is 7.97. The summed E-state index contributed by atoms with van der Waals surface area (Å²) in [5.41, 5.74) is 3.86. The number of pyridine rings is 1. The number of nitrogens with zero attached hydrogens (tertiary/aromatic N) is 2. The fourth-order valence-electron chi connectivity index (χ4n) is 4.05. The van der Waals surface area contributed by atoms with Crippen molar-refractivity contribution in [2.24, 2.45) is 0 Å². The summed E-state index contributed by atoms with van der Waals surface area (Å²) in [6, 6.07) is 13.8. The fourth-order valence-corrected chi connectivity index (χ4v) is 4.05. The van der Waals surface area contributed by atoms with Crippen LogP contribution >= 0.6 is 0 Å². The number of hydrogen-bond acceptors (Lipinski definition) is 7. The largest absolute Gasteiger partial charge is 0.462 e. The zero-order valence-electron chi connectivity index (χ0n) is 19.3. The van der Waals surface area contributed by atoms with E-state index in [2.05, 4.69) is 17.1 Å². The van der Waals surface area contributed by atoms with Gasteiger partial charge in [0.2, 0.25) is 0 Å². The van der Waals surface area contributed by atoms with Gasteiger partial charge in [-0.05, 0) is 43.8 Å². The summed E-state index contributed by atoms with van der Waals surface area (Å²) < 4.78 is 10.4. The van der Waals surface area contributed by atoms with E-state index >= 15 is 0 Å². The van der Waals surface area contributed by atoms with E-state index in [1.54, 1.807) is 31.2 Å². The van der Waals surface area contributed by atoms with Crippen LogP contribution < -0.4 is 5.32 Å². The molecule has 1 amide bonds. The minimum absolute atomic E-state index is 0.287. The molecule has 1 aromatic heterocycles. The number of para-hydroxylation sites is 1. The van der Waals surface area contributed by atoms with Crippen molar-refractivity contribution in [3.8, 4) is 0 Å². The molecule has 0 unspecified atom stereocenters. The third-order valence-corrected chi connectivity index (χ3v) is 5.79. The van der Waals surface area contributed by atoms with Crippen LogP contribution in [0.3, 0.4) is 0 Å². The van der Waals surface area contributed by atoms with Crippen molar-refractivity contribution in [1.82, 2.24) is 9.88 Å². The topological polar surface area (TPSA) is 97.8 Å². The van der Waals surface area contributed by atoms with Gasteiger partial charge in [0.1, 0.15) is 0 Å². The van der Waals surface area contributed by atoms with Crippen LogP contribution in [-0.2, 0) is 27.2 Å². The van der Waals surface area contributed by atoms with Gasteiger partial charge in [-0.3, -0.25) is 14.7 Å². The average Bonchev–Trinajstić information content (AvgIpc) is 2.86. The number of anilines is 1. The molecular weight excluding hydrogens is 434 g/mol. The Hall–Kier alpha value is -3.78. The summed E-state index contributed by atoms with van der Waals surface area (Å²) in [5.74, 6) is -1.44. The molecule has 2 heterocycles. The summed E-state index contributed by atoms with van der Waals surface area (Å²) >= 11 is 0. The number of carbonyl (C=O) groups is 3. The normalized spacial score (nSPS) is 13.2. The maximum absolute atomic E-state index is 13.2. The van der Waals surface area contributed by atoms with Gasteiger partial charge in [-0.15, -0.1) is 0 Å². The summed E-state index contributed by atoms with van der Waals surface area (Å²) in [4.78, 5) is 44.3. The van der Waals surface area contributed by atoms with Crippen molar-refractivity contribution in [2.75, 3.05) is 31.6 Å². The highest BCUT2D eigenvalue weighted by Crippen LogP contribution is 2.28. The molecule has 1 aliphatic heterocycles. The van der Waals surface area contributed by atoms with Crippen LogP contribution in [-0.4, -0.2) is 54.0 Å². The first kappa shape index (κ1) is 23.4. The molecule has 0 radical (unpaired) electrons. The number of fused-ring (bicyclic) bond motifs is 2. The molecule has 2 aromatic carbocycles. The number of nitrogens with one attached hydrogen (secondary N) is 1. The van der Waals surface area contributed by atoms with Gasteiger partial charge in [-0.2, -0.15) is 0 Å². The predicted octanol–water partition coefficient (Wildman–Crippen LogP) is 3.59. The van der Waals surface area contributed by atoms with Crippen LogP contribution in [0.15, 0.2) is 48.5 Å². The SMILES string of the molecule is CCOC(=O)c1ccc(NC(=O)COC(=O)c2c3c(nc4ccccc24)CCN(CC)C3)cc1. The Kier molecular flexibility index (Phi) is 7.18. The molecule has 0 fully saturated rings. The monoisotopic (exact) mass is 461 g/mol. The minimum Gasteiger partial charge on any atom is -0.462 e. The second kappa shape index (κ2) is 10.4. The molecule has 0 spiro atoms. The highest BCUT2D eigenvalue weighted by atomic mass is 16.5. The Labute approximate surface area is 197 Å². The first-order valence-corrected chi connectivity index (χ1v) is 11.4. The van der Waals surface area contributed by atoms with E-state index < -0.39 is 24.5 Å². The van der Waals surface area contributed by atoms with Gasteiger partial charge in [-0.1, -0.05) is 25.1 Å². The van der Waals surface area contributed by atoms with Gasteiger partial charge in [0.25, 0.3) is 5.91 Å². The number of hydrogen-bond donors (Lipinski definition) is 1. The lowest BCUT2D eigenvalue weighted by atomic mass is 9.96. The van der Waals surface area contributed by atoms with Gasteiger partial charge in [0.05, 0.1) is 23.3 Å². The van der Waals surface area contributed by atoms with Crippen LogP contribution in [0.4, 0.5) is 5.69 Å². The highest BCUT2D eigenvalue weighted by molar-refractivity contribution is 6.06. The van der Waals surface area contributed by atoms with E-state index in [1.807, 2.05) is 24.3 Å². The van der Waals surface area contributed by atoms with Gasteiger partial charge in [0, 0.05) is 41.8 Å². The number of esters is 2. The number of amides is 1. The minimum atomic E-state index is -0.541. The van der Waals surface area contributed by atoms with Crippen LogP contribution in [0.5, 0.6) is 0 Å². The van der Waals surface area contributed by atoms with Crippen molar-refractivity contribution in [2.45, 2.75) is 26.8 Å². The Morgan fingerprint density at radius 3 is 2.50 bits per heavy atom. The molecule has 0 bridgehead atoms. The first-order valence-electron chi connectivity index (χ1n) is 11.4. The zero-order valence-corrected chi connectivity index (χ0v) is 19.3. The smallest absolute Gasteiger partial charge is 0.339 e. The number of ether oxygens (including phenoxy) is 2. The Bertz CT molecular complexity index is 1220. The standard InChI is InChI=1S/C26H27N3O5/c1-3-29-14-13-22-20(15-29)24(19-7-5-6-8-21(19)28-22)26(32)34-16-23(30)27-18-11-9-17(10-12-18)25(31)33-4-2/h5-12H,3-4,13-16H2,1-2H3,(H,27,30). The van der Waals surface area contributed by atoms with Gasteiger partial charge in [-0.25, -0.2) is 9.59 Å². The summed E-state index contributed by atoms with van der Waals surface area (Å²) in [6.45, 7) is 6.06. The number of likely N-dealkylation sites (N-methyl/N-ethyl adjacent to an activating group) is 1. The molecule has 1 N–H and O–H groups in total. The van der Waals surface area contributed by atoms with Crippen molar-refractivity contribution >= 4 is 34.4 Å². The quantitative estimate of drug-likeness (QED) is 0.537. The summed E-state index contributed by atoms with van der Waals surface area (Å²) in [5, 5.41) is 3.40. The van der Waals surface area contributed by atoms with Crippen LogP contribution in [0, 0.1) is 0 Å². The highest BCUT2D eigenvalue weighted by Gasteiger charge is 2.26. The van der Waals surface area contributed by atoms with Crippen LogP contribution in [0.25, 0.3) is 10.9 Å². The van der Waals surface area contributed by atoms with E-state index in [1.165, 1.54) is 0 Å². The maximum Gasteiger partial charge on any atom is 0.339 e. The molecule has 3 aromatic rings. The van der Waals surface area contributed by atoms with Crippen molar-refractivity contribution in [1.29, 1.82) is 0 Å². The van der Waals surface area contributed by atoms with Gasteiger partial charge < -0.3 is 14.8 Å². The molecule has 0 saturated heterocycles. The number of rotatable bonds is 7. The molecule has 0 saturated carbocycles. The van der Waals surface area contributed by atoms with Gasteiger partial charge in [0.15, 0.2) is 6.61 Å². The zero-order chi connectivity index (χ0) is 24.1. The Balaban J connectivity index is 1.47. The lowest BCUT2D eigenvalue weighted by molar-refractivity contribution is -0.119. The molecule has 1 aliphatic rings. The summed E-state index contributed by atoms with van der Waals surface area (Å²) in [7, 11) is 0. The van der Waals surface area contributed by atoms with E-state index in [4.69, 9.17) is 14.5 Å². The Morgan fingerprint density at radius 1 is 1.00 bits per heavy atom. The lowest BCUT2D eigenvalue weighted by Crippen LogP contribution is -2.32. The molecule has 34 heavy (non-hydrogen) atoms. The van der Waals surface area contributed by atoms with Crippen molar-refractivity contribution in [3.05, 3.63) is 70.9 Å². The van der Waals surface area contributed by atoms with Crippen molar-refractivity contribution in [3.63, 3.8) is 0 Å². The first-order chi connectivity index (χ1) is 16.5. The molecule has 8 heteroatoms. The third kappa shape index (κ3) is 5.07. The second-order valence-electron chi connectivity index (χ2n) is 7.97.